The Balaban J connectivity index is 0.00000242. The maximum atomic E-state index is 12.0. The fourth-order valence-corrected chi connectivity index (χ4v) is 3.46. The van der Waals surface area contributed by atoms with Gasteiger partial charge in [-0.25, -0.2) is 13.1 Å². The number of halogens is 1. The summed E-state index contributed by atoms with van der Waals surface area (Å²) in [5, 5.41) is 2.63. The average Bonchev–Trinajstić information content (AvgIpc) is 2.37. The number of sulfonamides is 1. The summed E-state index contributed by atoms with van der Waals surface area (Å²) in [7, 11) is -3.33. The molecule has 2 fully saturated rings. The number of carbonyl (C=O) groups is 1. The largest absolute Gasteiger partial charge is 0.381 e. The standard InChI is InChI=1S/C13H25N3O4S.ClH/c14-13(4-7-20-8-5-13)12(17)15-6-9-21(18,19)16-10-11-2-1-3-11;/h11,16H,1-10,14H2,(H,15,17);1H. The van der Waals surface area contributed by atoms with Crippen LogP contribution in [0.4, 0.5) is 0 Å². The number of nitrogens with one attached hydrogen (secondary N) is 2. The molecule has 22 heavy (non-hydrogen) atoms. The maximum absolute atomic E-state index is 12.0. The lowest BCUT2D eigenvalue weighted by molar-refractivity contribution is -0.129. The Bertz CT molecular complexity index is 462. The minimum Gasteiger partial charge on any atom is -0.381 e. The number of carbonyl (C=O) groups excluding carboxylic acids is 1. The van der Waals surface area contributed by atoms with Gasteiger partial charge in [-0.2, -0.15) is 0 Å². The highest BCUT2D eigenvalue weighted by atomic mass is 35.5. The first-order valence-corrected chi connectivity index (χ1v) is 9.19. The molecule has 1 amide bonds. The van der Waals surface area contributed by atoms with E-state index in [1.807, 2.05) is 0 Å². The van der Waals surface area contributed by atoms with Gasteiger partial charge in [0.1, 0.15) is 0 Å². The molecule has 0 unspecified atom stereocenters. The lowest BCUT2D eigenvalue weighted by Crippen LogP contribution is -2.57. The van der Waals surface area contributed by atoms with Crippen LogP contribution in [0.2, 0.25) is 0 Å². The van der Waals surface area contributed by atoms with Crippen molar-refractivity contribution in [3.8, 4) is 0 Å². The topological polar surface area (TPSA) is 111 Å². The quantitative estimate of drug-likeness (QED) is 0.583. The summed E-state index contributed by atoms with van der Waals surface area (Å²) < 4.78 is 31.4. The number of hydrogen-bond donors (Lipinski definition) is 3. The van der Waals surface area contributed by atoms with Crippen molar-refractivity contribution < 1.29 is 17.9 Å². The minimum atomic E-state index is -3.33. The Kier molecular flexibility index (Phi) is 7.54. The van der Waals surface area contributed by atoms with Crippen LogP contribution in [0, 0.1) is 5.92 Å². The second-order valence-corrected chi connectivity index (χ2v) is 7.92. The van der Waals surface area contributed by atoms with E-state index in [0.29, 0.717) is 38.5 Å². The van der Waals surface area contributed by atoms with Crippen LogP contribution in [-0.2, 0) is 19.6 Å². The van der Waals surface area contributed by atoms with Crippen molar-refractivity contribution in [3.63, 3.8) is 0 Å². The van der Waals surface area contributed by atoms with Crippen LogP contribution in [0.3, 0.4) is 0 Å². The van der Waals surface area contributed by atoms with Crippen LogP contribution in [-0.4, -0.2) is 51.9 Å². The average molecular weight is 356 g/mol. The summed E-state index contributed by atoms with van der Waals surface area (Å²) >= 11 is 0. The third-order valence-electron chi connectivity index (χ3n) is 4.31. The molecule has 1 saturated heterocycles. The van der Waals surface area contributed by atoms with Gasteiger partial charge < -0.3 is 15.8 Å². The van der Waals surface area contributed by atoms with Gasteiger partial charge in [0.05, 0.1) is 11.3 Å². The zero-order valence-corrected chi connectivity index (χ0v) is 14.3. The SMILES string of the molecule is Cl.NC1(C(=O)NCCS(=O)(=O)NCC2CCC2)CCOCC1. The summed E-state index contributed by atoms with van der Waals surface area (Å²) in [6, 6.07) is 0. The van der Waals surface area contributed by atoms with Gasteiger partial charge >= 0.3 is 0 Å². The van der Waals surface area contributed by atoms with E-state index in [1.54, 1.807) is 0 Å². The Labute approximate surface area is 138 Å². The van der Waals surface area contributed by atoms with Gasteiger partial charge in [0.25, 0.3) is 0 Å². The van der Waals surface area contributed by atoms with Gasteiger partial charge in [-0.1, -0.05) is 6.42 Å². The molecule has 0 aromatic carbocycles. The molecule has 2 rings (SSSR count). The maximum Gasteiger partial charge on any atom is 0.240 e. The number of rotatable bonds is 7. The van der Waals surface area contributed by atoms with Crippen molar-refractivity contribution in [3.05, 3.63) is 0 Å². The molecule has 1 saturated carbocycles. The molecule has 4 N–H and O–H groups in total. The zero-order valence-electron chi connectivity index (χ0n) is 12.7. The summed E-state index contributed by atoms with van der Waals surface area (Å²) in [6.07, 6.45) is 4.30. The van der Waals surface area contributed by atoms with Gasteiger partial charge in [0, 0.05) is 26.3 Å². The first-order valence-electron chi connectivity index (χ1n) is 7.54. The lowest BCUT2D eigenvalue weighted by atomic mass is 9.86. The Morgan fingerprint density at radius 1 is 1.27 bits per heavy atom. The van der Waals surface area contributed by atoms with E-state index < -0.39 is 15.6 Å². The smallest absolute Gasteiger partial charge is 0.240 e. The van der Waals surface area contributed by atoms with Gasteiger partial charge in [0.2, 0.25) is 15.9 Å². The zero-order chi connectivity index (χ0) is 15.3. The van der Waals surface area contributed by atoms with E-state index >= 15 is 0 Å². The summed E-state index contributed by atoms with van der Waals surface area (Å²) in [5.74, 6) is 0.0711. The highest BCUT2D eigenvalue weighted by molar-refractivity contribution is 7.89. The molecule has 1 aliphatic heterocycles. The predicted molar refractivity (Wildman–Crippen MR) is 86.4 cm³/mol. The molecule has 1 heterocycles. The summed E-state index contributed by atoms with van der Waals surface area (Å²) in [4.78, 5) is 12.0. The third-order valence-corrected chi connectivity index (χ3v) is 5.66. The van der Waals surface area contributed by atoms with E-state index in [-0.39, 0.29) is 30.6 Å². The van der Waals surface area contributed by atoms with Crippen molar-refractivity contribution in [2.45, 2.75) is 37.6 Å². The molecule has 9 heteroatoms. The van der Waals surface area contributed by atoms with Crippen LogP contribution >= 0.6 is 12.4 Å². The van der Waals surface area contributed by atoms with Gasteiger partial charge in [-0.3, -0.25) is 4.79 Å². The number of ether oxygens (including phenoxy) is 1. The van der Waals surface area contributed by atoms with Crippen LogP contribution in [0.1, 0.15) is 32.1 Å². The number of hydrogen-bond acceptors (Lipinski definition) is 5. The first kappa shape index (κ1) is 19.6. The van der Waals surface area contributed by atoms with E-state index in [1.165, 1.54) is 6.42 Å². The first-order chi connectivity index (χ1) is 9.91. The molecular weight excluding hydrogens is 330 g/mol. The molecule has 0 radical (unpaired) electrons. The Morgan fingerprint density at radius 3 is 2.45 bits per heavy atom. The molecule has 1 aliphatic carbocycles. The van der Waals surface area contributed by atoms with Crippen LogP contribution in [0.15, 0.2) is 0 Å². The van der Waals surface area contributed by atoms with Crippen molar-refractivity contribution in [1.82, 2.24) is 10.0 Å². The van der Waals surface area contributed by atoms with E-state index in [4.69, 9.17) is 10.5 Å². The third kappa shape index (κ3) is 5.66. The van der Waals surface area contributed by atoms with Gasteiger partial charge in [-0.05, 0) is 31.6 Å². The van der Waals surface area contributed by atoms with E-state index in [2.05, 4.69) is 10.0 Å². The molecule has 0 atom stereocenters. The minimum absolute atomic E-state index is 0. The highest BCUT2D eigenvalue weighted by Crippen LogP contribution is 2.25. The predicted octanol–water partition coefficient (Wildman–Crippen LogP) is -0.248. The van der Waals surface area contributed by atoms with Gasteiger partial charge in [-0.15, -0.1) is 12.4 Å². The van der Waals surface area contributed by atoms with E-state index in [0.717, 1.165) is 12.8 Å². The Hall–Kier alpha value is -0.410. The fraction of sp³-hybridized carbons (Fsp3) is 0.923. The number of nitrogens with two attached hydrogens (primary N) is 1. The molecular formula is C13H26ClN3O4S. The summed E-state index contributed by atoms with van der Waals surface area (Å²) in [5.41, 5.74) is 5.09. The molecule has 0 aromatic heterocycles. The molecule has 2 aliphatic rings. The van der Waals surface area contributed by atoms with Crippen molar-refractivity contribution in [2.24, 2.45) is 11.7 Å². The van der Waals surface area contributed by atoms with Crippen molar-refractivity contribution >= 4 is 28.3 Å². The molecule has 130 valence electrons. The number of amides is 1. The van der Waals surface area contributed by atoms with Crippen molar-refractivity contribution in [2.75, 3.05) is 32.1 Å². The van der Waals surface area contributed by atoms with Crippen LogP contribution in [0.25, 0.3) is 0 Å². The van der Waals surface area contributed by atoms with E-state index in [9.17, 15) is 13.2 Å². The Morgan fingerprint density at radius 2 is 1.91 bits per heavy atom. The van der Waals surface area contributed by atoms with Crippen LogP contribution < -0.4 is 15.8 Å². The molecule has 0 spiro atoms. The molecule has 7 nitrogen and oxygen atoms in total. The lowest BCUT2D eigenvalue weighted by Gasteiger charge is -2.31. The van der Waals surface area contributed by atoms with Gasteiger partial charge in [0.15, 0.2) is 0 Å². The fourth-order valence-electron chi connectivity index (χ4n) is 2.45. The highest BCUT2D eigenvalue weighted by Gasteiger charge is 2.35. The monoisotopic (exact) mass is 355 g/mol. The van der Waals surface area contributed by atoms with Crippen LogP contribution in [0.5, 0.6) is 0 Å². The summed E-state index contributed by atoms with van der Waals surface area (Å²) in [6.45, 7) is 1.52. The second kappa shape index (κ2) is 8.44. The molecule has 0 bridgehead atoms. The second-order valence-electron chi connectivity index (χ2n) is 5.99. The van der Waals surface area contributed by atoms with Crippen molar-refractivity contribution in [1.29, 1.82) is 0 Å². The molecule has 0 aromatic rings. The normalized spacial score (nSPS) is 21.5.